The van der Waals surface area contributed by atoms with Crippen molar-refractivity contribution in [1.82, 2.24) is 9.80 Å². The minimum absolute atomic E-state index is 0.137. The van der Waals surface area contributed by atoms with Crippen LogP contribution in [0.25, 0.3) is 0 Å². The van der Waals surface area contributed by atoms with E-state index >= 15 is 0 Å². The van der Waals surface area contributed by atoms with Crippen LogP contribution < -0.4 is 5.32 Å². The Morgan fingerprint density at radius 3 is 2.48 bits per heavy atom. The topological polar surface area (TPSA) is 90.0 Å². The zero-order valence-electron chi connectivity index (χ0n) is 14.1. The van der Waals surface area contributed by atoms with Gasteiger partial charge in [-0.05, 0) is 37.8 Å². The van der Waals surface area contributed by atoms with Crippen molar-refractivity contribution in [2.75, 3.05) is 25.0 Å². The highest BCUT2D eigenvalue weighted by Crippen LogP contribution is 2.25. The Hall–Kier alpha value is -2.57. The summed E-state index contributed by atoms with van der Waals surface area (Å²) in [7, 11) is 0. The molecule has 3 rings (SSSR count). The van der Waals surface area contributed by atoms with Crippen molar-refractivity contribution in [2.45, 2.75) is 31.7 Å². The number of para-hydroxylation sites is 1. The summed E-state index contributed by atoms with van der Waals surface area (Å²) in [6, 6.07) is 8.24. The smallest absolute Gasteiger partial charge is 0.326 e. The van der Waals surface area contributed by atoms with E-state index in [4.69, 9.17) is 0 Å². The van der Waals surface area contributed by atoms with Crippen LogP contribution in [-0.2, 0) is 9.59 Å². The second-order valence-electron chi connectivity index (χ2n) is 6.61. The van der Waals surface area contributed by atoms with Crippen LogP contribution in [0.4, 0.5) is 10.5 Å². The molecule has 3 amide bonds. The van der Waals surface area contributed by atoms with Gasteiger partial charge in [0, 0.05) is 25.3 Å². The molecule has 2 atom stereocenters. The number of anilines is 1. The number of carboxylic acids is 1. The fourth-order valence-corrected chi connectivity index (χ4v) is 3.61. The second-order valence-corrected chi connectivity index (χ2v) is 6.61. The van der Waals surface area contributed by atoms with Crippen LogP contribution in [0.3, 0.4) is 0 Å². The molecule has 2 N–H and O–H groups in total. The number of carbonyl (C=O) groups excluding carboxylic acids is 2. The molecular weight excluding hydrogens is 322 g/mol. The lowest BCUT2D eigenvalue weighted by Gasteiger charge is -2.34. The largest absolute Gasteiger partial charge is 0.480 e. The van der Waals surface area contributed by atoms with Crippen molar-refractivity contribution < 1.29 is 19.5 Å². The highest BCUT2D eigenvalue weighted by atomic mass is 16.4. The number of piperidine rings is 1. The summed E-state index contributed by atoms with van der Waals surface area (Å²) in [5, 5.41) is 12.1. The average molecular weight is 345 g/mol. The third kappa shape index (κ3) is 3.92. The Labute approximate surface area is 146 Å². The molecule has 0 saturated carbocycles. The molecule has 2 saturated heterocycles. The maximum Gasteiger partial charge on any atom is 0.326 e. The number of carboxylic acid groups (broad SMARTS) is 1. The Morgan fingerprint density at radius 2 is 1.76 bits per heavy atom. The first-order valence-corrected chi connectivity index (χ1v) is 8.70. The van der Waals surface area contributed by atoms with E-state index in [9.17, 15) is 19.5 Å². The first-order valence-electron chi connectivity index (χ1n) is 8.70. The van der Waals surface area contributed by atoms with Crippen LogP contribution in [0.2, 0.25) is 0 Å². The van der Waals surface area contributed by atoms with Crippen molar-refractivity contribution in [1.29, 1.82) is 0 Å². The van der Waals surface area contributed by atoms with Crippen LogP contribution in [0.15, 0.2) is 30.3 Å². The number of aliphatic carboxylic acids is 1. The number of urea groups is 1. The molecule has 7 heteroatoms. The lowest BCUT2D eigenvalue weighted by Crippen LogP contribution is -2.50. The van der Waals surface area contributed by atoms with E-state index in [1.807, 2.05) is 30.3 Å². The molecule has 7 nitrogen and oxygen atoms in total. The summed E-state index contributed by atoms with van der Waals surface area (Å²) in [6.07, 6.45) is 2.65. The van der Waals surface area contributed by atoms with E-state index in [2.05, 4.69) is 5.32 Å². The number of rotatable bonds is 3. The molecule has 0 aliphatic carbocycles. The van der Waals surface area contributed by atoms with Gasteiger partial charge >= 0.3 is 12.0 Å². The predicted molar refractivity (Wildman–Crippen MR) is 92.1 cm³/mol. The van der Waals surface area contributed by atoms with Gasteiger partial charge in [-0.2, -0.15) is 0 Å². The second kappa shape index (κ2) is 7.55. The minimum atomic E-state index is -0.944. The normalized spacial score (nSPS) is 23.4. The van der Waals surface area contributed by atoms with E-state index in [0.29, 0.717) is 44.6 Å². The van der Waals surface area contributed by atoms with Crippen LogP contribution in [-0.4, -0.2) is 58.5 Å². The summed E-state index contributed by atoms with van der Waals surface area (Å²) < 4.78 is 0. The lowest BCUT2D eigenvalue weighted by atomic mass is 9.96. The maximum atomic E-state index is 12.7. The molecule has 134 valence electrons. The standard InChI is InChI=1S/C18H23N3O4/c22-16(21-11-5-9-15(21)17(23)24)13-6-4-10-20(12-13)18(25)19-14-7-2-1-3-8-14/h1-3,7-8,13,15H,4-6,9-12H2,(H,19,25)(H,23,24). The number of nitrogens with zero attached hydrogens (tertiary/aromatic N) is 2. The zero-order valence-corrected chi connectivity index (χ0v) is 14.1. The Kier molecular flexibility index (Phi) is 5.21. The molecule has 25 heavy (non-hydrogen) atoms. The molecule has 2 unspecified atom stereocenters. The van der Waals surface area contributed by atoms with Gasteiger partial charge in [0.2, 0.25) is 5.91 Å². The van der Waals surface area contributed by atoms with Gasteiger partial charge in [-0.3, -0.25) is 4.79 Å². The van der Waals surface area contributed by atoms with E-state index in [1.165, 1.54) is 4.90 Å². The molecular formula is C18H23N3O4. The number of likely N-dealkylation sites (tertiary alicyclic amines) is 2. The molecule has 1 aromatic carbocycles. The molecule has 0 bridgehead atoms. The third-order valence-electron chi connectivity index (χ3n) is 4.90. The minimum Gasteiger partial charge on any atom is -0.480 e. The third-order valence-corrected chi connectivity index (χ3v) is 4.90. The molecule has 0 aromatic heterocycles. The fourth-order valence-electron chi connectivity index (χ4n) is 3.61. The molecule has 2 fully saturated rings. The number of hydrogen-bond donors (Lipinski definition) is 2. The molecule has 2 aliphatic heterocycles. The summed E-state index contributed by atoms with van der Waals surface area (Å²) in [5.74, 6) is -1.40. The van der Waals surface area contributed by atoms with Gasteiger partial charge in [0.15, 0.2) is 0 Å². The van der Waals surface area contributed by atoms with Crippen molar-refractivity contribution in [3.63, 3.8) is 0 Å². The van der Waals surface area contributed by atoms with Crippen molar-refractivity contribution >= 4 is 23.6 Å². The molecule has 2 heterocycles. The van der Waals surface area contributed by atoms with E-state index in [0.717, 1.165) is 6.42 Å². The molecule has 1 aromatic rings. The first-order chi connectivity index (χ1) is 12.1. The summed E-state index contributed by atoms with van der Waals surface area (Å²) in [4.78, 5) is 39.6. The van der Waals surface area contributed by atoms with Gasteiger partial charge in [-0.15, -0.1) is 0 Å². The Bertz CT molecular complexity index is 649. The summed E-state index contributed by atoms with van der Waals surface area (Å²) >= 11 is 0. The molecule has 0 spiro atoms. The molecule has 2 aliphatic rings. The lowest BCUT2D eigenvalue weighted by molar-refractivity contribution is -0.150. The monoisotopic (exact) mass is 345 g/mol. The van der Waals surface area contributed by atoms with Crippen LogP contribution in [0.1, 0.15) is 25.7 Å². The van der Waals surface area contributed by atoms with Gasteiger partial charge in [0.05, 0.1) is 5.92 Å². The van der Waals surface area contributed by atoms with Crippen molar-refractivity contribution in [3.05, 3.63) is 30.3 Å². The number of nitrogens with one attached hydrogen (secondary N) is 1. The van der Waals surface area contributed by atoms with Gasteiger partial charge in [0.1, 0.15) is 6.04 Å². The number of carbonyl (C=O) groups is 3. The highest BCUT2D eigenvalue weighted by molar-refractivity contribution is 5.90. The van der Waals surface area contributed by atoms with Gasteiger partial charge in [0.25, 0.3) is 0 Å². The van der Waals surface area contributed by atoms with Gasteiger partial charge in [-0.1, -0.05) is 18.2 Å². The van der Waals surface area contributed by atoms with E-state index in [1.54, 1.807) is 4.90 Å². The predicted octanol–water partition coefficient (Wildman–Crippen LogP) is 2.01. The van der Waals surface area contributed by atoms with Crippen LogP contribution >= 0.6 is 0 Å². The average Bonchev–Trinajstić information content (AvgIpc) is 3.12. The zero-order chi connectivity index (χ0) is 17.8. The Morgan fingerprint density at radius 1 is 1.04 bits per heavy atom. The van der Waals surface area contributed by atoms with Crippen LogP contribution in [0, 0.1) is 5.92 Å². The molecule has 0 radical (unpaired) electrons. The SMILES string of the molecule is O=C(O)C1CCCN1C(=O)C1CCCN(C(=O)Nc2ccccc2)C1. The first kappa shape index (κ1) is 17.3. The number of hydrogen-bond acceptors (Lipinski definition) is 3. The fraction of sp³-hybridized carbons (Fsp3) is 0.500. The van der Waals surface area contributed by atoms with Gasteiger partial charge in [-0.25, -0.2) is 9.59 Å². The maximum absolute atomic E-state index is 12.7. The highest BCUT2D eigenvalue weighted by Gasteiger charge is 2.38. The summed E-state index contributed by atoms with van der Waals surface area (Å²) in [6.45, 7) is 1.42. The van der Waals surface area contributed by atoms with E-state index in [-0.39, 0.29) is 17.9 Å². The van der Waals surface area contributed by atoms with E-state index < -0.39 is 12.0 Å². The number of amides is 3. The van der Waals surface area contributed by atoms with Crippen molar-refractivity contribution in [3.8, 4) is 0 Å². The summed E-state index contributed by atoms with van der Waals surface area (Å²) in [5.41, 5.74) is 0.714. The Balaban J connectivity index is 1.61. The van der Waals surface area contributed by atoms with Crippen LogP contribution in [0.5, 0.6) is 0 Å². The quantitative estimate of drug-likeness (QED) is 0.877. The number of benzene rings is 1. The van der Waals surface area contributed by atoms with Crippen molar-refractivity contribution in [2.24, 2.45) is 5.92 Å². The van der Waals surface area contributed by atoms with Gasteiger partial charge < -0.3 is 20.2 Å².